The summed E-state index contributed by atoms with van der Waals surface area (Å²) in [5.41, 5.74) is 4.79. The summed E-state index contributed by atoms with van der Waals surface area (Å²) in [6, 6.07) is 25.9. The molecule has 0 fully saturated rings. The Balaban J connectivity index is 1.43. The molecule has 0 unspecified atom stereocenters. The summed E-state index contributed by atoms with van der Waals surface area (Å²) in [4.78, 5) is 41.3. The van der Waals surface area contributed by atoms with Crippen LogP contribution in [0, 0.1) is 0 Å². The van der Waals surface area contributed by atoms with Gasteiger partial charge in [-0.15, -0.1) is 11.3 Å². The minimum atomic E-state index is -0.677. The fourth-order valence-electron chi connectivity index (χ4n) is 4.80. The van der Waals surface area contributed by atoms with Gasteiger partial charge in [-0.3, -0.25) is 9.59 Å². The maximum Gasteiger partial charge on any atom is 0.328 e. The molecular formula is C35H38N2O4S. The van der Waals surface area contributed by atoms with Crippen LogP contribution in [-0.2, 0) is 27.3 Å². The van der Waals surface area contributed by atoms with Crippen molar-refractivity contribution in [1.29, 1.82) is 0 Å². The Morgan fingerprint density at radius 1 is 0.905 bits per heavy atom. The third-order valence-corrected chi connectivity index (χ3v) is 8.14. The number of esters is 1. The van der Waals surface area contributed by atoms with Crippen LogP contribution in [0.5, 0.6) is 0 Å². The Kier molecular flexibility index (Phi) is 11.1. The van der Waals surface area contributed by atoms with E-state index < -0.39 is 12.0 Å². The summed E-state index contributed by atoms with van der Waals surface area (Å²) < 4.78 is 5.10. The van der Waals surface area contributed by atoms with E-state index in [9.17, 15) is 14.4 Å². The summed E-state index contributed by atoms with van der Waals surface area (Å²) in [7, 11) is 3.23. The number of thiophene rings is 1. The van der Waals surface area contributed by atoms with Gasteiger partial charge in [-0.1, -0.05) is 86.5 Å². The van der Waals surface area contributed by atoms with Gasteiger partial charge < -0.3 is 15.0 Å². The summed E-state index contributed by atoms with van der Waals surface area (Å²) in [6.45, 7) is 2.74. The Bertz CT molecular complexity index is 1480. The number of ether oxygens (including phenoxy) is 1. The second-order valence-corrected chi connectivity index (χ2v) is 11.4. The number of rotatable bonds is 14. The number of methoxy groups -OCH3 is 1. The molecule has 218 valence electrons. The van der Waals surface area contributed by atoms with Crippen molar-refractivity contribution < 1.29 is 19.1 Å². The Morgan fingerprint density at radius 2 is 1.62 bits per heavy atom. The monoisotopic (exact) mass is 582 g/mol. The molecule has 0 radical (unpaired) electrons. The average molecular weight is 583 g/mol. The molecule has 7 heteroatoms. The minimum Gasteiger partial charge on any atom is -0.467 e. The van der Waals surface area contributed by atoms with Gasteiger partial charge >= 0.3 is 5.97 Å². The molecule has 0 aliphatic heterocycles. The number of ketones is 1. The van der Waals surface area contributed by atoms with Crippen LogP contribution in [0.3, 0.4) is 0 Å². The first-order chi connectivity index (χ1) is 20.4. The molecule has 1 heterocycles. The van der Waals surface area contributed by atoms with Crippen LogP contribution < -0.4 is 5.32 Å². The van der Waals surface area contributed by atoms with Crippen molar-refractivity contribution in [2.75, 3.05) is 19.5 Å². The van der Waals surface area contributed by atoms with Crippen molar-refractivity contribution >= 4 is 34.7 Å². The first-order valence-corrected chi connectivity index (χ1v) is 15.2. The molecule has 0 bridgehead atoms. The number of unbranched alkanes of at least 4 members (excludes halogenated alkanes) is 2. The number of hydrogen-bond donors (Lipinski definition) is 1. The lowest BCUT2D eigenvalue weighted by Crippen LogP contribution is -2.33. The topological polar surface area (TPSA) is 75.7 Å². The Hall–Kier alpha value is -4.23. The standard InChI is InChI=1S/C35H38N2O4S/c1-4-5-7-16-33(38)37(2)23-29-22-28(24-42-29)26-19-17-25(18-20-26)21-32(35(40)41-3)36-31-15-11-10-14-30(31)34(39)27-12-8-6-9-13-27/h6,8-15,17-20,22,24,32,36H,4-5,7,16,21,23H2,1-3H3/t32-/m0/s1. The van der Waals surface area contributed by atoms with Crippen LogP contribution in [0.2, 0.25) is 0 Å². The van der Waals surface area contributed by atoms with Crippen molar-refractivity contribution in [3.05, 3.63) is 112 Å². The van der Waals surface area contributed by atoms with E-state index in [2.05, 4.69) is 23.7 Å². The van der Waals surface area contributed by atoms with Gasteiger partial charge in [0.1, 0.15) is 6.04 Å². The molecule has 0 saturated carbocycles. The smallest absolute Gasteiger partial charge is 0.328 e. The van der Waals surface area contributed by atoms with Crippen molar-refractivity contribution in [2.24, 2.45) is 0 Å². The van der Waals surface area contributed by atoms with E-state index in [4.69, 9.17) is 4.74 Å². The number of amides is 1. The van der Waals surface area contributed by atoms with Gasteiger partial charge in [0.2, 0.25) is 5.91 Å². The zero-order valence-electron chi connectivity index (χ0n) is 24.5. The lowest BCUT2D eigenvalue weighted by Gasteiger charge is -2.20. The highest BCUT2D eigenvalue weighted by molar-refractivity contribution is 7.10. The fraction of sp³-hybridized carbons (Fsp3) is 0.286. The molecule has 4 aromatic rings. The summed E-state index contributed by atoms with van der Waals surface area (Å²) in [5.74, 6) is -0.339. The molecule has 0 aliphatic rings. The lowest BCUT2D eigenvalue weighted by molar-refractivity contribution is -0.141. The first-order valence-electron chi connectivity index (χ1n) is 14.3. The summed E-state index contributed by atoms with van der Waals surface area (Å²) in [5, 5.41) is 5.37. The van der Waals surface area contributed by atoms with Crippen molar-refractivity contribution in [3.63, 3.8) is 0 Å². The largest absolute Gasteiger partial charge is 0.467 e. The highest BCUT2D eigenvalue weighted by Crippen LogP contribution is 2.28. The minimum absolute atomic E-state index is 0.117. The van der Waals surface area contributed by atoms with Crippen LogP contribution in [0.4, 0.5) is 5.69 Å². The number of carbonyl (C=O) groups excluding carboxylic acids is 3. The second-order valence-electron chi connectivity index (χ2n) is 10.4. The van der Waals surface area contributed by atoms with Gasteiger partial charge in [0, 0.05) is 41.6 Å². The van der Waals surface area contributed by atoms with E-state index >= 15 is 0 Å². The van der Waals surface area contributed by atoms with Crippen LogP contribution in [0.15, 0.2) is 90.3 Å². The molecule has 0 saturated heterocycles. The van der Waals surface area contributed by atoms with Crippen LogP contribution in [0.1, 0.15) is 59.0 Å². The Labute approximate surface area is 252 Å². The van der Waals surface area contributed by atoms with Gasteiger partial charge in [-0.25, -0.2) is 4.79 Å². The molecule has 1 amide bonds. The molecule has 6 nitrogen and oxygen atoms in total. The van der Waals surface area contributed by atoms with Crippen molar-refractivity contribution in [3.8, 4) is 11.1 Å². The molecule has 42 heavy (non-hydrogen) atoms. The number of benzene rings is 3. The van der Waals surface area contributed by atoms with Crippen molar-refractivity contribution in [1.82, 2.24) is 4.90 Å². The number of para-hydroxylation sites is 1. The maximum atomic E-state index is 13.2. The van der Waals surface area contributed by atoms with E-state index in [1.807, 2.05) is 61.6 Å². The molecule has 0 aliphatic carbocycles. The van der Waals surface area contributed by atoms with Crippen LogP contribution >= 0.6 is 11.3 Å². The predicted octanol–water partition coefficient (Wildman–Crippen LogP) is 7.38. The van der Waals surface area contributed by atoms with Crippen LogP contribution in [-0.4, -0.2) is 42.8 Å². The van der Waals surface area contributed by atoms with Gasteiger partial charge in [-0.2, -0.15) is 0 Å². The normalized spacial score (nSPS) is 11.5. The predicted molar refractivity (Wildman–Crippen MR) is 170 cm³/mol. The average Bonchev–Trinajstić information content (AvgIpc) is 3.49. The molecule has 0 spiro atoms. The molecule has 1 aromatic heterocycles. The van der Waals surface area contributed by atoms with Gasteiger partial charge in [0.25, 0.3) is 0 Å². The van der Waals surface area contributed by atoms with Gasteiger partial charge in [0.15, 0.2) is 5.78 Å². The fourth-order valence-corrected chi connectivity index (χ4v) is 5.74. The molecule has 1 N–H and O–H groups in total. The van der Waals surface area contributed by atoms with E-state index in [0.717, 1.165) is 40.8 Å². The number of nitrogens with one attached hydrogen (secondary N) is 1. The molecule has 4 rings (SSSR count). The molecule has 3 aromatic carbocycles. The van der Waals surface area contributed by atoms with E-state index in [0.29, 0.717) is 36.2 Å². The lowest BCUT2D eigenvalue weighted by atomic mass is 9.99. The molecular weight excluding hydrogens is 544 g/mol. The zero-order chi connectivity index (χ0) is 29.9. The zero-order valence-corrected chi connectivity index (χ0v) is 25.3. The van der Waals surface area contributed by atoms with Gasteiger partial charge in [-0.05, 0) is 46.7 Å². The Morgan fingerprint density at radius 3 is 2.33 bits per heavy atom. The highest BCUT2D eigenvalue weighted by atomic mass is 32.1. The van der Waals surface area contributed by atoms with Crippen LogP contribution in [0.25, 0.3) is 11.1 Å². The maximum absolute atomic E-state index is 13.2. The number of hydrogen-bond acceptors (Lipinski definition) is 6. The third-order valence-electron chi connectivity index (χ3n) is 7.22. The quantitative estimate of drug-likeness (QED) is 0.0954. The second kappa shape index (κ2) is 15.1. The summed E-state index contributed by atoms with van der Waals surface area (Å²) in [6.07, 6.45) is 4.11. The first kappa shape index (κ1) is 30.7. The van der Waals surface area contributed by atoms with E-state index in [1.165, 1.54) is 7.11 Å². The van der Waals surface area contributed by atoms with E-state index in [-0.39, 0.29) is 11.7 Å². The van der Waals surface area contributed by atoms with Gasteiger partial charge in [0.05, 0.1) is 13.7 Å². The highest BCUT2D eigenvalue weighted by Gasteiger charge is 2.23. The summed E-state index contributed by atoms with van der Waals surface area (Å²) >= 11 is 1.65. The van der Waals surface area contributed by atoms with E-state index in [1.54, 1.807) is 40.5 Å². The number of carbonyl (C=O) groups is 3. The number of nitrogens with zero attached hydrogens (tertiary/aromatic N) is 1. The molecule has 1 atom stereocenters. The third kappa shape index (κ3) is 8.17. The SMILES string of the molecule is CCCCCC(=O)N(C)Cc1cc(-c2ccc(C[C@H](Nc3ccccc3C(=O)c3ccccc3)C(=O)OC)cc2)cs1. The number of anilines is 1. The van der Waals surface area contributed by atoms with Crippen molar-refractivity contribution in [2.45, 2.75) is 51.6 Å².